The Hall–Kier alpha value is -2.56. The van der Waals surface area contributed by atoms with Crippen LogP contribution in [0, 0.1) is 0 Å². The van der Waals surface area contributed by atoms with Crippen molar-refractivity contribution < 1.29 is 9.47 Å². The summed E-state index contributed by atoms with van der Waals surface area (Å²) in [5.41, 5.74) is 5.10. The molecule has 0 aliphatic carbocycles. The fourth-order valence-electron chi connectivity index (χ4n) is 3.74. The zero-order chi connectivity index (χ0) is 18.6. The van der Waals surface area contributed by atoms with E-state index in [1.807, 2.05) is 12.2 Å². The summed E-state index contributed by atoms with van der Waals surface area (Å²) in [7, 11) is 0. The second-order valence-electron chi connectivity index (χ2n) is 7.21. The predicted molar refractivity (Wildman–Crippen MR) is 108 cm³/mol. The topological polar surface area (TPSA) is 24.9 Å². The normalized spacial score (nSPS) is 16.6. The number of benzene rings is 2. The highest BCUT2D eigenvalue weighted by atomic mass is 16.5. The lowest BCUT2D eigenvalue weighted by molar-refractivity contribution is 0.107. The lowest BCUT2D eigenvalue weighted by Gasteiger charge is -2.29. The van der Waals surface area contributed by atoms with Gasteiger partial charge in [0.2, 0.25) is 0 Å². The first-order valence-corrected chi connectivity index (χ1v) is 9.41. The van der Waals surface area contributed by atoms with E-state index in [1.165, 1.54) is 22.3 Å². The molecule has 0 fully saturated rings. The molecular weight excluding hydrogens is 336 g/mol. The Balaban J connectivity index is 1.50. The Morgan fingerprint density at radius 2 is 1.26 bits per heavy atom. The number of hydrogen-bond donors (Lipinski definition) is 0. The van der Waals surface area contributed by atoms with E-state index >= 15 is 0 Å². The van der Waals surface area contributed by atoms with Gasteiger partial charge in [0.1, 0.15) is 25.0 Å². The lowest BCUT2D eigenvalue weighted by atomic mass is 9.99. The van der Waals surface area contributed by atoms with Crippen LogP contribution in [0.2, 0.25) is 0 Å². The fourth-order valence-corrected chi connectivity index (χ4v) is 3.74. The van der Waals surface area contributed by atoms with Crippen LogP contribution in [-0.4, -0.2) is 36.4 Å². The van der Waals surface area contributed by atoms with Crippen LogP contribution < -0.4 is 9.47 Å². The minimum absolute atomic E-state index is 0.629. The SMILES string of the molecule is C=CCN1COc2ccc(Cc3ccc4c(c3)CN(CC=C)CO4)cc2C1. The minimum Gasteiger partial charge on any atom is -0.478 e. The standard InChI is InChI=1S/C23H26N2O2/c1-3-9-24-14-20-12-18(5-7-22(20)26-16-24)11-19-6-8-23-21(13-19)15-25(10-4-2)17-27-23/h3-8,12-13H,1-2,9-11,14-17H2. The molecule has 0 bridgehead atoms. The van der Waals surface area contributed by atoms with Crippen LogP contribution in [0.1, 0.15) is 22.3 Å². The third-order valence-electron chi connectivity index (χ3n) is 5.03. The number of hydrogen-bond acceptors (Lipinski definition) is 4. The molecule has 2 aromatic rings. The van der Waals surface area contributed by atoms with E-state index in [1.54, 1.807) is 0 Å². The third-order valence-corrected chi connectivity index (χ3v) is 5.03. The molecule has 0 unspecified atom stereocenters. The molecular formula is C23H26N2O2. The summed E-state index contributed by atoms with van der Waals surface area (Å²) in [6, 6.07) is 13.1. The minimum atomic E-state index is 0.629. The van der Waals surface area contributed by atoms with Gasteiger partial charge in [-0.1, -0.05) is 36.4 Å². The summed E-state index contributed by atoms with van der Waals surface area (Å²) >= 11 is 0. The summed E-state index contributed by atoms with van der Waals surface area (Å²) in [5, 5.41) is 0. The Morgan fingerprint density at radius 3 is 1.70 bits per heavy atom. The molecule has 0 radical (unpaired) electrons. The van der Waals surface area contributed by atoms with Crippen molar-refractivity contribution in [1.29, 1.82) is 0 Å². The van der Waals surface area contributed by atoms with Crippen LogP contribution in [0.3, 0.4) is 0 Å². The highest BCUT2D eigenvalue weighted by Crippen LogP contribution is 2.29. The van der Waals surface area contributed by atoms with Crippen LogP contribution in [0.15, 0.2) is 61.7 Å². The molecule has 0 saturated heterocycles. The van der Waals surface area contributed by atoms with Crippen LogP contribution in [0.25, 0.3) is 0 Å². The Labute approximate surface area is 161 Å². The van der Waals surface area contributed by atoms with Crippen molar-refractivity contribution in [2.24, 2.45) is 0 Å². The highest BCUT2D eigenvalue weighted by Gasteiger charge is 2.18. The van der Waals surface area contributed by atoms with Gasteiger partial charge in [-0.15, -0.1) is 13.2 Å². The monoisotopic (exact) mass is 362 g/mol. The molecule has 0 aromatic heterocycles. The summed E-state index contributed by atoms with van der Waals surface area (Å²) in [4.78, 5) is 4.48. The van der Waals surface area contributed by atoms with Gasteiger partial charge in [0.05, 0.1) is 0 Å². The summed E-state index contributed by atoms with van der Waals surface area (Å²) in [5.74, 6) is 2.00. The first-order chi connectivity index (χ1) is 13.2. The van der Waals surface area contributed by atoms with Crippen molar-refractivity contribution in [3.8, 4) is 11.5 Å². The van der Waals surface area contributed by atoms with E-state index in [-0.39, 0.29) is 0 Å². The molecule has 0 atom stereocenters. The smallest absolute Gasteiger partial charge is 0.142 e. The molecule has 2 aliphatic heterocycles. The van der Waals surface area contributed by atoms with Gasteiger partial charge < -0.3 is 9.47 Å². The van der Waals surface area contributed by atoms with E-state index < -0.39 is 0 Å². The Morgan fingerprint density at radius 1 is 0.778 bits per heavy atom. The second kappa shape index (κ2) is 7.99. The lowest BCUT2D eigenvalue weighted by Crippen LogP contribution is -2.32. The van der Waals surface area contributed by atoms with Crippen molar-refractivity contribution in [3.05, 3.63) is 84.0 Å². The second-order valence-corrected chi connectivity index (χ2v) is 7.21. The van der Waals surface area contributed by atoms with Crippen LogP contribution in [0.5, 0.6) is 11.5 Å². The summed E-state index contributed by atoms with van der Waals surface area (Å²) < 4.78 is 11.7. The summed E-state index contributed by atoms with van der Waals surface area (Å²) in [6.45, 7) is 12.4. The molecule has 4 rings (SSSR count). The zero-order valence-electron chi connectivity index (χ0n) is 15.7. The van der Waals surface area contributed by atoms with Gasteiger partial charge in [0.25, 0.3) is 0 Å². The van der Waals surface area contributed by atoms with Gasteiger partial charge in [0.15, 0.2) is 0 Å². The molecule has 0 saturated carbocycles. The van der Waals surface area contributed by atoms with Gasteiger partial charge in [-0.05, 0) is 29.7 Å². The molecule has 0 spiro atoms. The first kappa shape index (κ1) is 17.8. The van der Waals surface area contributed by atoms with Crippen LogP contribution in [0.4, 0.5) is 0 Å². The van der Waals surface area contributed by atoms with Gasteiger partial charge in [0, 0.05) is 37.3 Å². The van der Waals surface area contributed by atoms with E-state index in [4.69, 9.17) is 9.47 Å². The van der Waals surface area contributed by atoms with E-state index in [2.05, 4.69) is 59.4 Å². The predicted octanol–water partition coefficient (Wildman–Crippen LogP) is 3.95. The van der Waals surface area contributed by atoms with Gasteiger partial charge in [-0.2, -0.15) is 0 Å². The zero-order valence-corrected chi connectivity index (χ0v) is 15.7. The van der Waals surface area contributed by atoms with Crippen molar-refractivity contribution in [2.45, 2.75) is 19.5 Å². The average molecular weight is 362 g/mol. The number of rotatable bonds is 6. The number of ether oxygens (including phenoxy) is 2. The van der Waals surface area contributed by atoms with Gasteiger partial charge in [-0.25, -0.2) is 0 Å². The first-order valence-electron chi connectivity index (χ1n) is 9.41. The third kappa shape index (κ3) is 4.07. The maximum absolute atomic E-state index is 5.85. The molecule has 0 amide bonds. The summed E-state index contributed by atoms with van der Waals surface area (Å²) in [6.07, 6.45) is 4.75. The van der Waals surface area contributed by atoms with E-state index in [0.717, 1.165) is 44.1 Å². The molecule has 2 heterocycles. The Bertz CT molecular complexity index is 777. The van der Waals surface area contributed by atoms with Crippen molar-refractivity contribution >= 4 is 0 Å². The highest BCUT2D eigenvalue weighted by molar-refractivity contribution is 5.43. The molecule has 27 heavy (non-hydrogen) atoms. The van der Waals surface area contributed by atoms with Crippen molar-refractivity contribution in [3.63, 3.8) is 0 Å². The maximum atomic E-state index is 5.85. The van der Waals surface area contributed by atoms with Crippen molar-refractivity contribution in [2.75, 3.05) is 26.6 Å². The number of fused-ring (bicyclic) bond motifs is 2. The van der Waals surface area contributed by atoms with E-state index in [0.29, 0.717) is 13.5 Å². The van der Waals surface area contributed by atoms with Crippen LogP contribution in [-0.2, 0) is 19.5 Å². The molecule has 2 aliphatic rings. The van der Waals surface area contributed by atoms with Gasteiger partial charge >= 0.3 is 0 Å². The van der Waals surface area contributed by atoms with Gasteiger partial charge in [-0.3, -0.25) is 9.80 Å². The molecule has 2 aromatic carbocycles. The fraction of sp³-hybridized carbons (Fsp3) is 0.304. The molecule has 0 N–H and O–H groups in total. The average Bonchev–Trinajstić information content (AvgIpc) is 2.68. The van der Waals surface area contributed by atoms with Crippen molar-refractivity contribution in [1.82, 2.24) is 9.80 Å². The maximum Gasteiger partial charge on any atom is 0.142 e. The Kier molecular flexibility index (Phi) is 5.28. The molecule has 140 valence electrons. The van der Waals surface area contributed by atoms with Crippen LogP contribution >= 0.6 is 0 Å². The van der Waals surface area contributed by atoms with E-state index in [9.17, 15) is 0 Å². The molecule has 4 heteroatoms. The largest absolute Gasteiger partial charge is 0.478 e. The number of nitrogens with zero attached hydrogens (tertiary/aromatic N) is 2. The quantitative estimate of drug-likeness (QED) is 0.727. The molecule has 4 nitrogen and oxygen atoms in total.